The molecule has 1 aromatic rings. The van der Waals surface area contributed by atoms with Crippen LogP contribution in [-0.4, -0.2) is 25.8 Å². The largest absolute Gasteiger partial charge is 0.494 e. The van der Waals surface area contributed by atoms with Gasteiger partial charge in [-0.15, -0.1) is 0 Å². The highest BCUT2D eigenvalue weighted by atomic mass is 19.1. The van der Waals surface area contributed by atoms with Gasteiger partial charge in [-0.2, -0.15) is 0 Å². The quantitative estimate of drug-likeness (QED) is 0.595. The van der Waals surface area contributed by atoms with Crippen molar-refractivity contribution in [2.45, 2.75) is 19.1 Å². The van der Waals surface area contributed by atoms with E-state index >= 15 is 0 Å². The van der Waals surface area contributed by atoms with E-state index in [0.29, 0.717) is 12.2 Å². The second-order valence-corrected chi connectivity index (χ2v) is 3.62. The molecule has 1 heterocycles. The van der Waals surface area contributed by atoms with Crippen LogP contribution >= 0.6 is 0 Å². The molecule has 0 amide bonds. The molecule has 1 fully saturated rings. The Bertz CT molecular complexity index is 433. The third kappa shape index (κ3) is 2.39. The number of rotatable bonds is 4. The van der Waals surface area contributed by atoms with E-state index < -0.39 is 24.0 Å². The molecule has 0 radical (unpaired) electrons. The molecule has 4 nitrogen and oxygen atoms in total. The van der Waals surface area contributed by atoms with E-state index in [4.69, 9.17) is 14.2 Å². The number of epoxide rings is 1. The molecule has 0 bridgehead atoms. The standard InChI is InChI=1S/C12H13FO4/c1-3-16-12(14)11-10(17-11)7-4-5-9(15-2)8(13)6-7/h4-6,10-11H,3H2,1-2H3. The third-order valence-corrected chi connectivity index (χ3v) is 2.51. The van der Waals surface area contributed by atoms with Crippen molar-refractivity contribution < 1.29 is 23.4 Å². The minimum atomic E-state index is -0.609. The third-order valence-electron chi connectivity index (χ3n) is 2.51. The average molecular weight is 240 g/mol. The zero-order valence-electron chi connectivity index (χ0n) is 9.60. The molecule has 92 valence electrons. The minimum absolute atomic E-state index is 0.169. The van der Waals surface area contributed by atoms with Crippen LogP contribution in [0.3, 0.4) is 0 Å². The topological polar surface area (TPSA) is 48.1 Å². The minimum Gasteiger partial charge on any atom is -0.494 e. The van der Waals surface area contributed by atoms with Gasteiger partial charge in [0, 0.05) is 0 Å². The highest BCUT2D eigenvalue weighted by molar-refractivity contribution is 5.78. The van der Waals surface area contributed by atoms with Crippen LogP contribution in [-0.2, 0) is 14.3 Å². The van der Waals surface area contributed by atoms with Crippen molar-refractivity contribution in [2.24, 2.45) is 0 Å². The first-order chi connectivity index (χ1) is 8.17. The molecule has 0 aromatic heterocycles. The zero-order chi connectivity index (χ0) is 12.4. The Morgan fingerprint density at radius 3 is 2.88 bits per heavy atom. The van der Waals surface area contributed by atoms with Gasteiger partial charge in [0.25, 0.3) is 0 Å². The number of esters is 1. The van der Waals surface area contributed by atoms with Crippen LogP contribution in [0.1, 0.15) is 18.6 Å². The molecule has 17 heavy (non-hydrogen) atoms. The number of benzene rings is 1. The van der Waals surface area contributed by atoms with Crippen molar-refractivity contribution in [2.75, 3.05) is 13.7 Å². The van der Waals surface area contributed by atoms with Crippen LogP contribution in [0, 0.1) is 5.82 Å². The van der Waals surface area contributed by atoms with Crippen molar-refractivity contribution in [1.29, 1.82) is 0 Å². The molecule has 1 aliphatic rings. The maximum atomic E-state index is 13.4. The fourth-order valence-corrected chi connectivity index (χ4v) is 1.63. The molecule has 2 unspecified atom stereocenters. The maximum Gasteiger partial charge on any atom is 0.338 e. The lowest BCUT2D eigenvalue weighted by Gasteiger charge is -2.03. The molecule has 2 rings (SSSR count). The van der Waals surface area contributed by atoms with Crippen LogP contribution < -0.4 is 4.74 Å². The number of carbonyl (C=O) groups is 1. The van der Waals surface area contributed by atoms with Crippen molar-refractivity contribution in [3.8, 4) is 5.75 Å². The summed E-state index contributed by atoms with van der Waals surface area (Å²) in [7, 11) is 1.40. The number of hydrogen-bond acceptors (Lipinski definition) is 4. The van der Waals surface area contributed by atoms with E-state index in [1.807, 2.05) is 0 Å². The highest BCUT2D eigenvalue weighted by Gasteiger charge is 2.47. The Kier molecular flexibility index (Phi) is 3.28. The fourth-order valence-electron chi connectivity index (χ4n) is 1.63. The number of carbonyl (C=O) groups excluding carboxylic acids is 1. The molecule has 0 N–H and O–H groups in total. The summed E-state index contributed by atoms with van der Waals surface area (Å²) in [5.74, 6) is -0.709. The molecular formula is C12H13FO4. The van der Waals surface area contributed by atoms with Crippen molar-refractivity contribution in [3.05, 3.63) is 29.6 Å². The molecule has 1 saturated heterocycles. The predicted octanol–water partition coefficient (Wildman–Crippen LogP) is 1.84. The maximum absolute atomic E-state index is 13.4. The van der Waals surface area contributed by atoms with E-state index in [0.717, 1.165) is 0 Å². The first-order valence-electron chi connectivity index (χ1n) is 5.33. The number of halogens is 1. The molecule has 0 saturated carbocycles. The van der Waals surface area contributed by atoms with E-state index in [2.05, 4.69) is 0 Å². The van der Waals surface area contributed by atoms with Gasteiger partial charge in [0.1, 0.15) is 6.10 Å². The summed E-state index contributed by atoms with van der Waals surface area (Å²) in [5.41, 5.74) is 0.612. The first-order valence-corrected chi connectivity index (χ1v) is 5.33. The first kappa shape index (κ1) is 11.9. The van der Waals surface area contributed by atoms with Crippen LogP contribution in [0.15, 0.2) is 18.2 Å². The monoisotopic (exact) mass is 240 g/mol. The van der Waals surface area contributed by atoms with E-state index in [1.54, 1.807) is 13.0 Å². The van der Waals surface area contributed by atoms with Gasteiger partial charge in [-0.1, -0.05) is 6.07 Å². The predicted molar refractivity (Wildman–Crippen MR) is 57.2 cm³/mol. The van der Waals surface area contributed by atoms with Gasteiger partial charge >= 0.3 is 5.97 Å². The second kappa shape index (κ2) is 4.71. The Morgan fingerprint density at radius 1 is 1.53 bits per heavy atom. The van der Waals surface area contributed by atoms with Crippen LogP contribution in [0.4, 0.5) is 4.39 Å². The van der Waals surface area contributed by atoms with Gasteiger partial charge in [0.15, 0.2) is 17.7 Å². The van der Waals surface area contributed by atoms with Gasteiger partial charge in [-0.25, -0.2) is 9.18 Å². The summed E-state index contributed by atoms with van der Waals surface area (Å²) in [6.45, 7) is 2.03. The molecule has 5 heteroatoms. The van der Waals surface area contributed by atoms with E-state index in [1.165, 1.54) is 19.2 Å². The van der Waals surface area contributed by atoms with E-state index in [-0.39, 0.29) is 5.75 Å². The van der Waals surface area contributed by atoms with Crippen molar-refractivity contribution >= 4 is 5.97 Å². The normalized spacial score (nSPS) is 22.1. The van der Waals surface area contributed by atoms with Crippen LogP contribution in [0.25, 0.3) is 0 Å². The van der Waals surface area contributed by atoms with Crippen LogP contribution in [0.5, 0.6) is 5.75 Å². The Labute approximate surface area is 98.3 Å². The van der Waals surface area contributed by atoms with Crippen LogP contribution in [0.2, 0.25) is 0 Å². The summed E-state index contributed by atoms with van der Waals surface area (Å²) in [5, 5.41) is 0. The number of ether oxygens (including phenoxy) is 3. The second-order valence-electron chi connectivity index (χ2n) is 3.62. The Balaban J connectivity index is 2.06. The lowest BCUT2D eigenvalue weighted by Crippen LogP contribution is -2.11. The van der Waals surface area contributed by atoms with Gasteiger partial charge in [-0.05, 0) is 24.6 Å². The van der Waals surface area contributed by atoms with Crippen molar-refractivity contribution in [3.63, 3.8) is 0 Å². The fraction of sp³-hybridized carbons (Fsp3) is 0.417. The summed E-state index contributed by atoms with van der Waals surface area (Å²) in [6, 6.07) is 4.49. The van der Waals surface area contributed by atoms with Gasteiger partial charge < -0.3 is 14.2 Å². The summed E-state index contributed by atoms with van der Waals surface area (Å²) in [4.78, 5) is 11.3. The van der Waals surface area contributed by atoms with E-state index in [9.17, 15) is 9.18 Å². The molecule has 2 atom stereocenters. The zero-order valence-corrected chi connectivity index (χ0v) is 9.60. The molecule has 1 aliphatic heterocycles. The smallest absolute Gasteiger partial charge is 0.338 e. The van der Waals surface area contributed by atoms with Gasteiger partial charge in [0.2, 0.25) is 0 Å². The van der Waals surface area contributed by atoms with Gasteiger partial charge in [0.05, 0.1) is 13.7 Å². The molecule has 1 aromatic carbocycles. The lowest BCUT2D eigenvalue weighted by atomic mass is 10.1. The average Bonchev–Trinajstić information content (AvgIpc) is 3.09. The SMILES string of the molecule is CCOC(=O)C1OC1c1ccc(OC)c(F)c1. The molecule has 0 spiro atoms. The molecular weight excluding hydrogens is 227 g/mol. The summed E-state index contributed by atoms with van der Waals surface area (Å²) < 4.78 is 28.2. The Morgan fingerprint density at radius 2 is 2.29 bits per heavy atom. The summed E-state index contributed by atoms with van der Waals surface area (Å²) in [6.07, 6.45) is -1.02. The highest BCUT2D eigenvalue weighted by Crippen LogP contribution is 2.40. The van der Waals surface area contributed by atoms with Gasteiger partial charge in [-0.3, -0.25) is 0 Å². The lowest BCUT2D eigenvalue weighted by molar-refractivity contribution is -0.144. The summed E-state index contributed by atoms with van der Waals surface area (Å²) >= 11 is 0. The number of methoxy groups -OCH3 is 1. The Hall–Kier alpha value is -1.62. The number of hydrogen-bond donors (Lipinski definition) is 0. The van der Waals surface area contributed by atoms with Crippen molar-refractivity contribution in [1.82, 2.24) is 0 Å². The molecule has 0 aliphatic carbocycles.